The molecule has 0 fully saturated rings. The summed E-state index contributed by atoms with van der Waals surface area (Å²) in [6.45, 7) is 4.76. The van der Waals surface area contributed by atoms with Gasteiger partial charge in [-0.2, -0.15) is 0 Å². The van der Waals surface area contributed by atoms with Gasteiger partial charge in [0.25, 0.3) is 0 Å². The second kappa shape index (κ2) is 12.5. The van der Waals surface area contributed by atoms with Crippen LogP contribution in [0.4, 0.5) is 17.1 Å². The first kappa shape index (κ1) is 34.4. The van der Waals surface area contributed by atoms with Crippen molar-refractivity contribution in [2.24, 2.45) is 0 Å². The van der Waals surface area contributed by atoms with Gasteiger partial charge in [-0.25, -0.2) is 0 Å². The number of rotatable bonds is 4. The Morgan fingerprint density at radius 3 is 1.48 bits per heavy atom. The first-order chi connectivity index (χ1) is 30.0. The molecule has 0 N–H and O–H groups in total. The van der Waals surface area contributed by atoms with Crippen molar-refractivity contribution in [2.45, 2.75) is 24.7 Å². The maximum atomic E-state index is 2.54. The molecule has 10 aromatic carbocycles. The van der Waals surface area contributed by atoms with Crippen LogP contribution in [-0.4, -0.2) is 0 Å². The molecule has 0 bridgehead atoms. The van der Waals surface area contributed by atoms with E-state index >= 15 is 0 Å². The van der Waals surface area contributed by atoms with Crippen LogP contribution in [0.3, 0.4) is 0 Å². The molecule has 1 spiro atoms. The van der Waals surface area contributed by atoms with Crippen molar-refractivity contribution in [1.29, 1.82) is 0 Å². The Hall–Kier alpha value is -7.48. The third kappa shape index (κ3) is 4.61. The molecule has 0 radical (unpaired) electrons. The summed E-state index contributed by atoms with van der Waals surface area (Å²) in [6, 6.07) is 79.9. The highest BCUT2D eigenvalue weighted by atomic mass is 15.1. The molecule has 0 heterocycles. The lowest BCUT2D eigenvalue weighted by Crippen LogP contribution is -2.26. The zero-order valence-electron chi connectivity index (χ0n) is 34.2. The average molecular weight is 776 g/mol. The monoisotopic (exact) mass is 775 g/mol. The van der Waals surface area contributed by atoms with Gasteiger partial charge in [-0.15, -0.1) is 0 Å². The molecule has 61 heavy (non-hydrogen) atoms. The van der Waals surface area contributed by atoms with Crippen molar-refractivity contribution in [2.75, 3.05) is 4.90 Å². The van der Waals surface area contributed by atoms with E-state index in [4.69, 9.17) is 0 Å². The molecular formula is C60H41N. The smallest absolute Gasteiger partial charge is 0.0726 e. The average Bonchev–Trinajstić information content (AvgIpc) is 3.86. The van der Waals surface area contributed by atoms with Crippen LogP contribution in [-0.2, 0) is 10.8 Å². The Balaban J connectivity index is 1.11. The molecule has 10 aromatic rings. The van der Waals surface area contributed by atoms with E-state index in [0.29, 0.717) is 0 Å². The lowest BCUT2D eigenvalue weighted by molar-refractivity contribution is 0.660. The summed E-state index contributed by atoms with van der Waals surface area (Å²) in [4.78, 5) is 2.54. The van der Waals surface area contributed by atoms with Crippen LogP contribution < -0.4 is 4.90 Å². The van der Waals surface area contributed by atoms with Gasteiger partial charge in [-0.3, -0.25) is 0 Å². The SMILES string of the molecule is CC1(C)c2ccccc2-c2ccc(N(c3ccc4c(c3)C3(c5ccccc5-c5ccccc53)c3cc5ccccc5cc3-4)c3ccc(-c4ccccc4)c4ccccc34)cc21. The van der Waals surface area contributed by atoms with E-state index in [1.807, 2.05) is 0 Å². The molecule has 0 unspecified atom stereocenters. The van der Waals surface area contributed by atoms with Gasteiger partial charge in [0.2, 0.25) is 0 Å². The van der Waals surface area contributed by atoms with Crippen LogP contribution in [0, 0.1) is 0 Å². The third-order valence-corrected chi connectivity index (χ3v) is 14.2. The number of hydrogen-bond acceptors (Lipinski definition) is 1. The number of nitrogens with zero attached hydrogens (tertiary/aromatic N) is 1. The zero-order chi connectivity index (χ0) is 40.5. The van der Waals surface area contributed by atoms with Crippen LogP contribution in [0.5, 0.6) is 0 Å². The topological polar surface area (TPSA) is 3.24 Å². The van der Waals surface area contributed by atoms with E-state index in [1.165, 1.54) is 99.4 Å². The van der Waals surface area contributed by atoms with Gasteiger partial charge in [-0.1, -0.05) is 184 Å². The Morgan fingerprint density at radius 2 is 0.787 bits per heavy atom. The highest BCUT2D eigenvalue weighted by molar-refractivity contribution is 6.07. The molecule has 286 valence electrons. The van der Waals surface area contributed by atoms with Crippen molar-refractivity contribution in [3.05, 3.63) is 246 Å². The maximum absolute atomic E-state index is 2.54. The predicted octanol–water partition coefficient (Wildman–Crippen LogP) is 15.8. The van der Waals surface area contributed by atoms with Gasteiger partial charge in [0.05, 0.1) is 11.1 Å². The van der Waals surface area contributed by atoms with Crippen LogP contribution in [0.2, 0.25) is 0 Å². The molecule has 0 aliphatic heterocycles. The first-order valence-corrected chi connectivity index (χ1v) is 21.5. The zero-order valence-corrected chi connectivity index (χ0v) is 34.2. The number of fused-ring (bicyclic) bond motifs is 15. The van der Waals surface area contributed by atoms with Crippen LogP contribution >= 0.6 is 0 Å². The van der Waals surface area contributed by atoms with Gasteiger partial charge < -0.3 is 4.90 Å². The molecule has 0 saturated carbocycles. The molecule has 1 nitrogen and oxygen atoms in total. The van der Waals surface area contributed by atoms with Crippen molar-refractivity contribution in [1.82, 2.24) is 0 Å². The van der Waals surface area contributed by atoms with Gasteiger partial charge in [0, 0.05) is 22.2 Å². The van der Waals surface area contributed by atoms with E-state index in [2.05, 4.69) is 231 Å². The molecule has 0 amide bonds. The van der Waals surface area contributed by atoms with E-state index in [1.54, 1.807) is 0 Å². The summed E-state index contributed by atoms with van der Waals surface area (Å²) in [7, 11) is 0. The standard InChI is InChI=1S/C60H41N/c1-59(2)52-25-13-10-21-45(52)48-30-28-41(36-55(48)59)61(58-33-32-43(38-16-4-3-5-17-38)44-20-8-9-24-50(44)58)42-29-31-49-51-34-39-18-6-7-19-40(39)35-56(51)60(57(49)37-42)53-26-14-11-22-46(53)47-23-12-15-27-54(47)60/h3-37H,1-2H3. The minimum atomic E-state index is -0.482. The van der Waals surface area contributed by atoms with Gasteiger partial charge >= 0.3 is 0 Å². The largest absolute Gasteiger partial charge is 0.310 e. The molecule has 1 heteroatoms. The van der Waals surface area contributed by atoms with Crippen molar-refractivity contribution < 1.29 is 0 Å². The number of hydrogen-bond donors (Lipinski definition) is 0. The summed E-state index contributed by atoms with van der Waals surface area (Å²) in [5, 5.41) is 4.98. The molecule has 3 aliphatic carbocycles. The Kier molecular flexibility index (Phi) is 7.06. The van der Waals surface area contributed by atoms with E-state index in [-0.39, 0.29) is 5.41 Å². The molecule has 0 aromatic heterocycles. The summed E-state index contributed by atoms with van der Waals surface area (Å²) >= 11 is 0. The van der Waals surface area contributed by atoms with Gasteiger partial charge in [-0.05, 0) is 137 Å². The fourth-order valence-corrected chi connectivity index (χ4v) is 11.6. The predicted molar refractivity (Wildman–Crippen MR) is 255 cm³/mol. The summed E-state index contributed by atoms with van der Waals surface area (Å²) < 4.78 is 0. The molecule has 3 aliphatic rings. The van der Waals surface area contributed by atoms with Crippen molar-refractivity contribution in [3.8, 4) is 44.5 Å². The number of benzene rings is 10. The van der Waals surface area contributed by atoms with E-state index < -0.39 is 5.41 Å². The molecule has 13 rings (SSSR count). The molecular weight excluding hydrogens is 735 g/mol. The lowest BCUT2D eigenvalue weighted by Gasteiger charge is -2.33. The highest BCUT2D eigenvalue weighted by Gasteiger charge is 2.52. The molecule has 0 saturated heterocycles. The fraction of sp³-hybridized carbons (Fsp3) is 0.0667. The van der Waals surface area contributed by atoms with Crippen molar-refractivity contribution >= 4 is 38.6 Å². The summed E-state index contributed by atoms with van der Waals surface area (Å²) in [5.41, 5.74) is 21.3. The second-order valence-corrected chi connectivity index (χ2v) is 17.6. The van der Waals surface area contributed by atoms with E-state index in [0.717, 1.165) is 17.1 Å². The molecule has 0 atom stereocenters. The Bertz CT molecular complexity index is 3420. The van der Waals surface area contributed by atoms with Crippen LogP contribution in [0.1, 0.15) is 47.2 Å². The first-order valence-electron chi connectivity index (χ1n) is 21.5. The summed E-state index contributed by atoms with van der Waals surface area (Å²) in [5.74, 6) is 0. The summed E-state index contributed by atoms with van der Waals surface area (Å²) in [6.07, 6.45) is 0. The lowest BCUT2D eigenvalue weighted by atomic mass is 9.70. The normalized spacial score (nSPS) is 14.3. The van der Waals surface area contributed by atoms with Gasteiger partial charge in [0.1, 0.15) is 0 Å². The fourth-order valence-electron chi connectivity index (χ4n) is 11.6. The van der Waals surface area contributed by atoms with Gasteiger partial charge in [0.15, 0.2) is 0 Å². The second-order valence-electron chi connectivity index (χ2n) is 17.6. The highest BCUT2D eigenvalue weighted by Crippen LogP contribution is 2.64. The minimum absolute atomic E-state index is 0.143. The number of anilines is 3. The van der Waals surface area contributed by atoms with Crippen LogP contribution in [0.15, 0.2) is 212 Å². The minimum Gasteiger partial charge on any atom is -0.310 e. The van der Waals surface area contributed by atoms with Crippen molar-refractivity contribution in [3.63, 3.8) is 0 Å². The Morgan fingerprint density at radius 1 is 0.311 bits per heavy atom. The quantitative estimate of drug-likeness (QED) is 0.172. The maximum Gasteiger partial charge on any atom is 0.0726 e. The Labute approximate surface area is 356 Å². The van der Waals surface area contributed by atoms with E-state index in [9.17, 15) is 0 Å². The third-order valence-electron chi connectivity index (χ3n) is 14.2. The van der Waals surface area contributed by atoms with Crippen LogP contribution in [0.25, 0.3) is 66.1 Å².